The van der Waals surface area contributed by atoms with E-state index in [0.29, 0.717) is 18.0 Å². The van der Waals surface area contributed by atoms with Crippen LogP contribution in [0.4, 0.5) is 0 Å². The minimum Gasteiger partial charge on any atom is -0.493 e. The average molecular weight is 420 g/mol. The second-order valence-electron chi connectivity index (χ2n) is 7.59. The van der Waals surface area contributed by atoms with Crippen molar-refractivity contribution in [1.29, 1.82) is 0 Å². The van der Waals surface area contributed by atoms with Crippen molar-refractivity contribution < 1.29 is 14.3 Å². The topological polar surface area (TPSA) is 78.4 Å². The zero-order valence-electron chi connectivity index (χ0n) is 19.0. The van der Waals surface area contributed by atoms with Gasteiger partial charge in [0.2, 0.25) is 5.91 Å². The first kappa shape index (κ1) is 23.8. The number of carbonyl (C=O) groups is 1. The SMILES string of the molecule is CCNC(=NCc1ccc(OC)c(OC)c1)NCCCN1CCCC1C(=O)N(C)C. The molecule has 0 aromatic heterocycles. The molecular formula is C22H37N5O3. The smallest absolute Gasteiger partial charge is 0.239 e. The van der Waals surface area contributed by atoms with Gasteiger partial charge in [-0.3, -0.25) is 9.69 Å². The molecule has 0 radical (unpaired) electrons. The highest BCUT2D eigenvalue weighted by atomic mass is 16.5. The van der Waals surface area contributed by atoms with Crippen LogP contribution in [-0.2, 0) is 11.3 Å². The summed E-state index contributed by atoms with van der Waals surface area (Å²) < 4.78 is 10.6. The molecule has 1 unspecified atom stereocenters. The lowest BCUT2D eigenvalue weighted by atomic mass is 10.2. The highest BCUT2D eigenvalue weighted by Gasteiger charge is 2.30. The van der Waals surface area contributed by atoms with Crippen molar-refractivity contribution in [1.82, 2.24) is 20.4 Å². The number of amides is 1. The lowest BCUT2D eigenvalue weighted by molar-refractivity contribution is -0.133. The maximum Gasteiger partial charge on any atom is 0.239 e. The molecule has 30 heavy (non-hydrogen) atoms. The lowest BCUT2D eigenvalue weighted by Gasteiger charge is -2.26. The van der Waals surface area contributed by atoms with Crippen molar-refractivity contribution in [3.63, 3.8) is 0 Å². The second kappa shape index (κ2) is 12.3. The van der Waals surface area contributed by atoms with E-state index in [-0.39, 0.29) is 11.9 Å². The number of rotatable bonds is 10. The van der Waals surface area contributed by atoms with E-state index in [1.165, 1.54) is 0 Å². The first-order valence-corrected chi connectivity index (χ1v) is 10.7. The molecule has 168 valence electrons. The predicted molar refractivity (Wildman–Crippen MR) is 120 cm³/mol. The highest BCUT2D eigenvalue weighted by Crippen LogP contribution is 2.27. The van der Waals surface area contributed by atoms with E-state index < -0.39 is 0 Å². The molecule has 1 aliphatic heterocycles. The Balaban J connectivity index is 1.85. The molecule has 1 amide bonds. The van der Waals surface area contributed by atoms with E-state index in [0.717, 1.165) is 57.0 Å². The molecule has 2 N–H and O–H groups in total. The van der Waals surface area contributed by atoms with Gasteiger partial charge in [0.05, 0.1) is 26.8 Å². The zero-order chi connectivity index (χ0) is 21.9. The molecule has 1 aromatic rings. The predicted octanol–water partition coefficient (Wildman–Crippen LogP) is 1.70. The van der Waals surface area contributed by atoms with Crippen LogP contribution in [0.5, 0.6) is 11.5 Å². The monoisotopic (exact) mass is 419 g/mol. The van der Waals surface area contributed by atoms with Crippen LogP contribution in [0.1, 0.15) is 31.7 Å². The quantitative estimate of drug-likeness (QED) is 0.341. The van der Waals surface area contributed by atoms with Crippen molar-refractivity contribution in [2.24, 2.45) is 4.99 Å². The summed E-state index contributed by atoms with van der Waals surface area (Å²) in [7, 11) is 6.92. The normalized spacial score (nSPS) is 17.0. The van der Waals surface area contributed by atoms with Crippen LogP contribution in [0.3, 0.4) is 0 Å². The van der Waals surface area contributed by atoms with Gasteiger partial charge in [-0.05, 0) is 50.4 Å². The fraction of sp³-hybridized carbons (Fsp3) is 0.636. The lowest BCUT2D eigenvalue weighted by Crippen LogP contribution is -2.44. The van der Waals surface area contributed by atoms with Gasteiger partial charge in [-0.15, -0.1) is 0 Å². The number of hydrogen-bond acceptors (Lipinski definition) is 5. The number of ether oxygens (including phenoxy) is 2. The van der Waals surface area contributed by atoms with E-state index in [4.69, 9.17) is 9.47 Å². The van der Waals surface area contributed by atoms with E-state index in [2.05, 4.69) is 27.4 Å². The van der Waals surface area contributed by atoms with Gasteiger partial charge < -0.3 is 25.0 Å². The van der Waals surface area contributed by atoms with E-state index in [9.17, 15) is 4.79 Å². The maximum absolute atomic E-state index is 12.3. The molecule has 1 fully saturated rings. The third-order valence-electron chi connectivity index (χ3n) is 5.22. The second-order valence-corrected chi connectivity index (χ2v) is 7.59. The molecule has 0 spiro atoms. The van der Waals surface area contributed by atoms with Crippen molar-refractivity contribution in [2.45, 2.75) is 38.8 Å². The number of carbonyl (C=O) groups excluding carboxylic acids is 1. The minimum absolute atomic E-state index is 0.0342. The summed E-state index contributed by atoms with van der Waals surface area (Å²) in [5, 5.41) is 6.68. The van der Waals surface area contributed by atoms with Crippen molar-refractivity contribution in [3.05, 3.63) is 23.8 Å². The molecule has 0 saturated carbocycles. The van der Waals surface area contributed by atoms with E-state index >= 15 is 0 Å². The minimum atomic E-state index is 0.0342. The molecule has 1 heterocycles. The molecule has 8 nitrogen and oxygen atoms in total. The van der Waals surface area contributed by atoms with Crippen LogP contribution in [-0.4, -0.2) is 82.2 Å². The van der Waals surface area contributed by atoms with Gasteiger partial charge >= 0.3 is 0 Å². The van der Waals surface area contributed by atoms with Crippen LogP contribution in [0.15, 0.2) is 23.2 Å². The number of hydrogen-bond donors (Lipinski definition) is 2. The Hall–Kier alpha value is -2.48. The van der Waals surface area contributed by atoms with Gasteiger partial charge in [-0.1, -0.05) is 6.07 Å². The highest BCUT2D eigenvalue weighted by molar-refractivity contribution is 5.81. The molecule has 0 aliphatic carbocycles. The Bertz CT molecular complexity index is 708. The third kappa shape index (κ3) is 6.79. The molecule has 1 saturated heterocycles. The van der Waals surface area contributed by atoms with Crippen LogP contribution in [0, 0.1) is 0 Å². The molecular weight excluding hydrogens is 382 g/mol. The Morgan fingerprint density at radius 3 is 2.67 bits per heavy atom. The molecule has 1 atom stereocenters. The molecule has 1 aliphatic rings. The Morgan fingerprint density at radius 2 is 2.00 bits per heavy atom. The fourth-order valence-corrected chi connectivity index (χ4v) is 3.65. The number of nitrogens with one attached hydrogen (secondary N) is 2. The maximum atomic E-state index is 12.3. The Morgan fingerprint density at radius 1 is 1.23 bits per heavy atom. The summed E-state index contributed by atoms with van der Waals surface area (Å²) in [6.45, 7) is 6.10. The summed E-state index contributed by atoms with van der Waals surface area (Å²) >= 11 is 0. The number of methoxy groups -OCH3 is 2. The fourth-order valence-electron chi connectivity index (χ4n) is 3.65. The standard InChI is InChI=1S/C22H37N5O3/c1-6-23-22(25-16-17-10-11-19(29-4)20(15-17)30-5)24-12-8-14-27-13-7-9-18(27)21(28)26(2)3/h10-11,15,18H,6-9,12-14,16H2,1-5H3,(H2,23,24,25). The molecule has 1 aromatic carbocycles. The number of guanidine groups is 1. The summed E-state index contributed by atoms with van der Waals surface area (Å²) in [5.41, 5.74) is 1.05. The van der Waals surface area contributed by atoms with Gasteiger partial charge in [0.15, 0.2) is 17.5 Å². The van der Waals surface area contributed by atoms with Gasteiger partial charge in [0.1, 0.15) is 0 Å². The van der Waals surface area contributed by atoms with Gasteiger partial charge in [0, 0.05) is 33.7 Å². The zero-order valence-corrected chi connectivity index (χ0v) is 19.0. The van der Waals surface area contributed by atoms with E-state index in [1.807, 2.05) is 32.3 Å². The number of aliphatic imine (C=N–C) groups is 1. The third-order valence-corrected chi connectivity index (χ3v) is 5.22. The van der Waals surface area contributed by atoms with E-state index in [1.54, 1.807) is 19.1 Å². The average Bonchev–Trinajstić information content (AvgIpc) is 3.22. The van der Waals surface area contributed by atoms with Gasteiger partial charge in [-0.2, -0.15) is 0 Å². The number of likely N-dealkylation sites (tertiary alicyclic amines) is 1. The number of likely N-dealkylation sites (N-methyl/N-ethyl adjacent to an activating group) is 1. The van der Waals surface area contributed by atoms with Crippen molar-refractivity contribution in [2.75, 3.05) is 54.5 Å². The number of benzene rings is 1. The van der Waals surface area contributed by atoms with Gasteiger partial charge in [0.25, 0.3) is 0 Å². The molecule has 2 rings (SSSR count). The summed E-state index contributed by atoms with van der Waals surface area (Å²) in [6.07, 6.45) is 3.00. The van der Waals surface area contributed by atoms with Crippen LogP contribution >= 0.6 is 0 Å². The first-order chi connectivity index (χ1) is 14.5. The summed E-state index contributed by atoms with van der Waals surface area (Å²) in [6, 6.07) is 5.86. The first-order valence-electron chi connectivity index (χ1n) is 10.7. The summed E-state index contributed by atoms with van der Waals surface area (Å²) in [5.74, 6) is 2.42. The van der Waals surface area contributed by atoms with Crippen LogP contribution in [0.25, 0.3) is 0 Å². The Kier molecular flexibility index (Phi) is 9.73. The van der Waals surface area contributed by atoms with Crippen LogP contribution < -0.4 is 20.1 Å². The van der Waals surface area contributed by atoms with Gasteiger partial charge in [-0.25, -0.2) is 4.99 Å². The molecule has 0 bridgehead atoms. The van der Waals surface area contributed by atoms with Crippen molar-refractivity contribution >= 4 is 11.9 Å². The largest absolute Gasteiger partial charge is 0.493 e. The summed E-state index contributed by atoms with van der Waals surface area (Å²) in [4.78, 5) is 21.0. The van der Waals surface area contributed by atoms with Crippen LogP contribution in [0.2, 0.25) is 0 Å². The Labute approximate surface area is 180 Å². The number of nitrogens with zero attached hydrogens (tertiary/aromatic N) is 3. The van der Waals surface area contributed by atoms with Crippen molar-refractivity contribution in [3.8, 4) is 11.5 Å². The molecule has 8 heteroatoms.